The average molecular weight is 230 g/mol. The minimum absolute atomic E-state index is 0.326. The number of benzene rings is 1. The number of fused-ring (bicyclic) bond motifs is 1. The highest BCUT2D eigenvalue weighted by molar-refractivity contribution is 5.99. The van der Waals surface area contributed by atoms with Crippen molar-refractivity contribution in [2.24, 2.45) is 12.2 Å². The molecule has 1 aromatic heterocycles. The van der Waals surface area contributed by atoms with E-state index in [1.807, 2.05) is 42.1 Å². The quantitative estimate of drug-likeness (QED) is 0.462. The molecule has 0 spiro atoms. The number of rotatable bonds is 3. The number of aryl methyl sites for hydroxylation is 1. The third-order valence-corrected chi connectivity index (χ3v) is 2.56. The smallest absolute Gasteiger partial charge is 0.334 e. The molecule has 0 atom stereocenters. The van der Waals surface area contributed by atoms with Crippen LogP contribution in [0.2, 0.25) is 0 Å². The zero-order valence-corrected chi connectivity index (χ0v) is 9.88. The van der Waals surface area contributed by atoms with E-state index in [-0.39, 0.29) is 5.97 Å². The van der Waals surface area contributed by atoms with Gasteiger partial charge in [-0.15, -0.1) is 0 Å². The van der Waals surface area contributed by atoms with Gasteiger partial charge in [-0.05, 0) is 6.07 Å². The maximum Gasteiger partial charge on any atom is 0.334 e. The molecule has 0 aliphatic heterocycles. The summed E-state index contributed by atoms with van der Waals surface area (Å²) < 4.78 is 2.01. The Kier molecular flexibility index (Phi) is 3.23. The second kappa shape index (κ2) is 4.82. The molecule has 2 aromatic rings. The van der Waals surface area contributed by atoms with E-state index >= 15 is 0 Å². The molecule has 0 unspecified atom stereocenters. The van der Waals surface area contributed by atoms with E-state index in [2.05, 4.69) is 9.99 Å². The van der Waals surface area contributed by atoms with E-state index in [9.17, 15) is 4.79 Å². The van der Waals surface area contributed by atoms with Gasteiger partial charge >= 0.3 is 5.97 Å². The predicted molar refractivity (Wildman–Crippen MR) is 66.9 cm³/mol. The predicted octanol–water partition coefficient (Wildman–Crippen LogP) is 2.47. The molecule has 17 heavy (non-hydrogen) atoms. The fourth-order valence-corrected chi connectivity index (χ4v) is 1.68. The lowest BCUT2D eigenvalue weighted by Gasteiger charge is -1.93. The Labute approximate surface area is 99.5 Å². The second-order valence-electron chi connectivity index (χ2n) is 3.76. The molecule has 0 fully saturated rings. The maximum absolute atomic E-state index is 10.9. The molecule has 4 nitrogen and oxygen atoms in total. The average Bonchev–Trinajstić information content (AvgIpc) is 2.67. The summed E-state index contributed by atoms with van der Waals surface area (Å²) in [6.07, 6.45) is 3.84. The van der Waals surface area contributed by atoms with Gasteiger partial charge in [0.15, 0.2) is 0 Å². The molecule has 2 rings (SSSR count). The molecule has 0 aliphatic carbocycles. The summed E-state index contributed by atoms with van der Waals surface area (Å²) in [5.41, 5.74) is 2.06. The minimum Gasteiger partial charge on any atom is -0.350 e. The number of carbonyl (C=O) groups is 1. The molecule has 0 saturated carbocycles. The lowest BCUT2D eigenvalue weighted by atomic mass is 10.2. The molecule has 88 valence electrons. The normalized spacial score (nSPS) is 11.2. The first-order chi connectivity index (χ1) is 8.22. The highest BCUT2D eigenvalue weighted by Gasteiger charge is 2.03. The standard InChI is InChI=1S/C13H14N2O2/c1-3-13(16)17-14-8-10-9-15(2)12-7-5-4-6-11(10)12/h4-9H,3H2,1-2H3/b14-8+. The Bertz CT molecular complexity index is 570. The van der Waals surface area contributed by atoms with Crippen molar-refractivity contribution in [3.63, 3.8) is 0 Å². The van der Waals surface area contributed by atoms with Crippen molar-refractivity contribution in [1.29, 1.82) is 0 Å². The van der Waals surface area contributed by atoms with Gasteiger partial charge in [0.05, 0.1) is 6.21 Å². The Morgan fingerprint density at radius 2 is 2.24 bits per heavy atom. The molecule has 0 saturated heterocycles. The Balaban J connectivity index is 2.27. The third-order valence-electron chi connectivity index (χ3n) is 2.56. The summed E-state index contributed by atoms with van der Waals surface area (Å²) >= 11 is 0. The van der Waals surface area contributed by atoms with E-state index in [1.165, 1.54) is 0 Å². The van der Waals surface area contributed by atoms with Crippen LogP contribution in [0.3, 0.4) is 0 Å². The van der Waals surface area contributed by atoms with Crippen molar-refractivity contribution in [3.05, 3.63) is 36.0 Å². The van der Waals surface area contributed by atoms with Gasteiger partial charge in [0.1, 0.15) is 0 Å². The van der Waals surface area contributed by atoms with Gasteiger partial charge in [-0.3, -0.25) is 0 Å². The molecular weight excluding hydrogens is 216 g/mol. The number of oxime groups is 1. The van der Waals surface area contributed by atoms with Gasteiger partial charge in [-0.2, -0.15) is 0 Å². The maximum atomic E-state index is 10.9. The van der Waals surface area contributed by atoms with Gasteiger partial charge in [0, 0.05) is 36.1 Å². The van der Waals surface area contributed by atoms with E-state index in [4.69, 9.17) is 0 Å². The second-order valence-corrected chi connectivity index (χ2v) is 3.76. The zero-order valence-electron chi connectivity index (χ0n) is 9.88. The molecule has 0 radical (unpaired) electrons. The number of aromatic nitrogens is 1. The highest BCUT2D eigenvalue weighted by Crippen LogP contribution is 2.18. The summed E-state index contributed by atoms with van der Waals surface area (Å²) in [7, 11) is 1.97. The van der Waals surface area contributed by atoms with E-state index < -0.39 is 0 Å². The number of nitrogens with zero attached hydrogens (tertiary/aromatic N) is 2. The number of para-hydroxylation sites is 1. The van der Waals surface area contributed by atoms with Crippen LogP contribution in [0.1, 0.15) is 18.9 Å². The molecular formula is C13H14N2O2. The third kappa shape index (κ3) is 2.36. The highest BCUT2D eigenvalue weighted by atomic mass is 16.7. The lowest BCUT2D eigenvalue weighted by Crippen LogP contribution is -1.96. The van der Waals surface area contributed by atoms with Crippen LogP contribution in [-0.4, -0.2) is 16.8 Å². The van der Waals surface area contributed by atoms with Crippen molar-refractivity contribution >= 4 is 23.1 Å². The molecule has 1 aromatic carbocycles. The van der Waals surface area contributed by atoms with Gasteiger partial charge in [-0.1, -0.05) is 30.3 Å². The van der Waals surface area contributed by atoms with Crippen LogP contribution in [-0.2, 0) is 16.7 Å². The van der Waals surface area contributed by atoms with Crippen molar-refractivity contribution < 1.29 is 9.63 Å². The van der Waals surface area contributed by atoms with E-state index in [0.717, 1.165) is 16.5 Å². The van der Waals surface area contributed by atoms with Crippen LogP contribution in [0.25, 0.3) is 10.9 Å². The first-order valence-electron chi connectivity index (χ1n) is 5.49. The number of hydrogen-bond donors (Lipinski definition) is 0. The van der Waals surface area contributed by atoms with Crippen molar-refractivity contribution in [3.8, 4) is 0 Å². The van der Waals surface area contributed by atoms with Crippen molar-refractivity contribution in [2.45, 2.75) is 13.3 Å². The van der Waals surface area contributed by atoms with Crippen LogP contribution in [0.4, 0.5) is 0 Å². The largest absolute Gasteiger partial charge is 0.350 e. The van der Waals surface area contributed by atoms with E-state index in [1.54, 1.807) is 13.1 Å². The molecule has 0 amide bonds. The van der Waals surface area contributed by atoms with Crippen LogP contribution in [0.5, 0.6) is 0 Å². The molecule has 0 N–H and O–H groups in total. The number of carbonyl (C=O) groups excluding carboxylic acids is 1. The monoisotopic (exact) mass is 230 g/mol. The topological polar surface area (TPSA) is 43.6 Å². The van der Waals surface area contributed by atoms with Crippen LogP contribution < -0.4 is 0 Å². The lowest BCUT2D eigenvalue weighted by molar-refractivity contribution is -0.143. The van der Waals surface area contributed by atoms with Crippen LogP contribution >= 0.6 is 0 Å². The van der Waals surface area contributed by atoms with Gasteiger partial charge in [0.2, 0.25) is 0 Å². The summed E-state index contributed by atoms with van der Waals surface area (Å²) in [5.74, 6) is -0.332. The molecule has 0 aliphatic rings. The van der Waals surface area contributed by atoms with Crippen molar-refractivity contribution in [2.75, 3.05) is 0 Å². The Morgan fingerprint density at radius 3 is 3.00 bits per heavy atom. The van der Waals surface area contributed by atoms with Crippen LogP contribution in [0.15, 0.2) is 35.6 Å². The Hall–Kier alpha value is -2.10. The number of hydrogen-bond acceptors (Lipinski definition) is 3. The Morgan fingerprint density at radius 1 is 1.47 bits per heavy atom. The minimum atomic E-state index is -0.332. The molecule has 1 heterocycles. The first kappa shape index (κ1) is 11.4. The SMILES string of the molecule is CCC(=O)O/N=C/c1cn(C)c2ccccc12. The van der Waals surface area contributed by atoms with Gasteiger partial charge in [0.25, 0.3) is 0 Å². The fraction of sp³-hybridized carbons (Fsp3) is 0.231. The van der Waals surface area contributed by atoms with E-state index in [0.29, 0.717) is 6.42 Å². The summed E-state index contributed by atoms with van der Waals surface area (Å²) in [6.45, 7) is 1.73. The fourth-order valence-electron chi connectivity index (χ4n) is 1.68. The molecule has 4 heteroatoms. The first-order valence-corrected chi connectivity index (χ1v) is 5.49. The van der Waals surface area contributed by atoms with Crippen LogP contribution in [0, 0.1) is 0 Å². The van der Waals surface area contributed by atoms with Gasteiger partial charge < -0.3 is 9.40 Å². The molecule has 0 bridgehead atoms. The van der Waals surface area contributed by atoms with Crippen molar-refractivity contribution in [1.82, 2.24) is 4.57 Å². The van der Waals surface area contributed by atoms with Gasteiger partial charge in [-0.25, -0.2) is 4.79 Å². The summed E-state index contributed by atoms with van der Waals surface area (Å²) in [5, 5.41) is 4.78. The summed E-state index contributed by atoms with van der Waals surface area (Å²) in [4.78, 5) is 15.6. The summed E-state index contributed by atoms with van der Waals surface area (Å²) in [6, 6.07) is 8.00. The zero-order chi connectivity index (χ0) is 12.3.